The van der Waals surface area contributed by atoms with Crippen LogP contribution < -0.4 is 0 Å². The lowest BCUT2D eigenvalue weighted by atomic mass is 10.1. The highest BCUT2D eigenvalue weighted by atomic mass is 32.2. The predicted octanol–water partition coefficient (Wildman–Crippen LogP) is 5.44. The van der Waals surface area contributed by atoms with Crippen molar-refractivity contribution in [2.24, 2.45) is 0 Å². The zero-order chi connectivity index (χ0) is 20.7. The Morgan fingerprint density at radius 3 is 2.21 bits per heavy atom. The van der Waals surface area contributed by atoms with Gasteiger partial charge in [-0.1, -0.05) is 36.4 Å². The van der Waals surface area contributed by atoms with Crippen LogP contribution in [-0.2, 0) is 14.3 Å². The molecule has 0 aliphatic rings. The number of aryl methyl sites for hydroxylation is 1. The smallest absolute Gasteiger partial charge is 0.248 e. The van der Waals surface area contributed by atoms with Crippen LogP contribution in [0.15, 0.2) is 59.5 Å². The number of rotatable bonds is 4. The Morgan fingerprint density at radius 1 is 0.929 bits per heavy atom. The molecule has 0 saturated heterocycles. The summed E-state index contributed by atoms with van der Waals surface area (Å²) in [5.74, 6) is -2.67. The molecule has 3 rings (SSSR count). The van der Waals surface area contributed by atoms with E-state index in [1.54, 1.807) is 25.1 Å². The van der Waals surface area contributed by atoms with Gasteiger partial charge in [0.2, 0.25) is 6.10 Å². The molecule has 0 N–H and O–H groups in total. The molecule has 9 heteroatoms. The van der Waals surface area contributed by atoms with Gasteiger partial charge < -0.3 is 0 Å². The zero-order valence-corrected chi connectivity index (χ0v) is 15.1. The van der Waals surface area contributed by atoms with Gasteiger partial charge in [0.1, 0.15) is 16.5 Å². The largest absolute Gasteiger partial charge is 0.420 e. The molecule has 0 saturated carbocycles. The average Bonchev–Trinajstić information content (AvgIpc) is 2.59. The van der Waals surface area contributed by atoms with Gasteiger partial charge in [0.25, 0.3) is 10.1 Å². The van der Waals surface area contributed by atoms with Gasteiger partial charge in [-0.3, -0.25) is 0 Å². The van der Waals surface area contributed by atoms with E-state index < -0.39 is 44.5 Å². The molecule has 3 aromatic rings. The molecule has 3 nitrogen and oxygen atoms in total. The first-order valence-electron chi connectivity index (χ1n) is 7.94. The SMILES string of the molecule is Cc1cccc2c(S(=O)(=O)OC(c3ccc(F)cc3F)C(F)(F)F)cccc12. The number of alkyl halides is 3. The molecule has 0 heterocycles. The second-order valence-corrected chi connectivity index (χ2v) is 7.60. The fourth-order valence-corrected chi connectivity index (χ4v) is 4.09. The molecule has 1 atom stereocenters. The van der Waals surface area contributed by atoms with Gasteiger partial charge in [-0.05, 0) is 30.0 Å². The van der Waals surface area contributed by atoms with E-state index in [1.165, 1.54) is 12.1 Å². The monoisotopic (exact) mass is 416 g/mol. The van der Waals surface area contributed by atoms with Crippen molar-refractivity contribution < 1.29 is 34.6 Å². The first-order valence-corrected chi connectivity index (χ1v) is 9.35. The Morgan fingerprint density at radius 2 is 1.57 bits per heavy atom. The van der Waals surface area contributed by atoms with Gasteiger partial charge in [0.05, 0.1) is 0 Å². The molecule has 0 amide bonds. The fourth-order valence-electron chi connectivity index (χ4n) is 2.83. The number of fused-ring (bicyclic) bond motifs is 1. The van der Waals surface area contributed by atoms with Crippen LogP contribution >= 0.6 is 0 Å². The van der Waals surface area contributed by atoms with E-state index in [4.69, 9.17) is 0 Å². The van der Waals surface area contributed by atoms with Gasteiger partial charge >= 0.3 is 6.18 Å². The van der Waals surface area contributed by atoms with Crippen molar-refractivity contribution in [3.63, 3.8) is 0 Å². The number of benzene rings is 3. The van der Waals surface area contributed by atoms with Crippen LogP contribution in [0.5, 0.6) is 0 Å². The molecule has 0 aliphatic carbocycles. The number of hydrogen-bond acceptors (Lipinski definition) is 3. The highest BCUT2D eigenvalue weighted by molar-refractivity contribution is 7.87. The van der Waals surface area contributed by atoms with Gasteiger partial charge in [-0.2, -0.15) is 21.6 Å². The normalized spacial score (nSPS) is 13.6. The maximum absolute atomic E-state index is 13.9. The summed E-state index contributed by atoms with van der Waals surface area (Å²) in [7, 11) is -4.94. The summed E-state index contributed by atoms with van der Waals surface area (Å²) < 4.78 is 97.0. The molecule has 0 bridgehead atoms. The fraction of sp³-hybridized carbons (Fsp3) is 0.158. The summed E-state index contributed by atoms with van der Waals surface area (Å²) in [5.41, 5.74) is -0.416. The Kier molecular flexibility index (Phi) is 5.16. The van der Waals surface area contributed by atoms with Crippen molar-refractivity contribution in [2.45, 2.75) is 24.1 Å². The van der Waals surface area contributed by atoms with E-state index in [0.29, 0.717) is 23.1 Å². The molecule has 1 unspecified atom stereocenters. The van der Waals surface area contributed by atoms with E-state index >= 15 is 0 Å². The molecule has 0 spiro atoms. The highest BCUT2D eigenvalue weighted by Crippen LogP contribution is 2.40. The number of halogens is 5. The second kappa shape index (κ2) is 7.14. The Bertz CT molecular complexity index is 1140. The van der Waals surface area contributed by atoms with Crippen molar-refractivity contribution in [3.8, 4) is 0 Å². The van der Waals surface area contributed by atoms with Gasteiger partial charge in [0, 0.05) is 17.0 Å². The molecule has 0 fully saturated rings. The summed E-state index contributed by atoms with van der Waals surface area (Å²) in [6, 6.07) is 10.1. The van der Waals surface area contributed by atoms with Crippen LogP contribution in [0.1, 0.15) is 17.2 Å². The van der Waals surface area contributed by atoms with Crippen LogP contribution in [0.25, 0.3) is 10.8 Å². The van der Waals surface area contributed by atoms with Crippen LogP contribution in [0.3, 0.4) is 0 Å². The lowest BCUT2D eigenvalue weighted by Gasteiger charge is -2.21. The molecule has 0 radical (unpaired) electrons. The van der Waals surface area contributed by atoms with E-state index in [-0.39, 0.29) is 11.5 Å². The average molecular weight is 416 g/mol. The van der Waals surface area contributed by atoms with E-state index in [0.717, 1.165) is 6.07 Å². The predicted molar refractivity (Wildman–Crippen MR) is 92.1 cm³/mol. The maximum atomic E-state index is 13.9. The summed E-state index contributed by atoms with van der Waals surface area (Å²) in [6.07, 6.45) is -8.38. The summed E-state index contributed by atoms with van der Waals surface area (Å²) in [4.78, 5) is -0.481. The lowest BCUT2D eigenvalue weighted by molar-refractivity contribution is -0.197. The van der Waals surface area contributed by atoms with Crippen molar-refractivity contribution in [2.75, 3.05) is 0 Å². The van der Waals surface area contributed by atoms with Gasteiger partial charge in [0.15, 0.2) is 0 Å². The minimum absolute atomic E-state index is 0.169. The standard InChI is InChI=1S/C19H13F5O3S/c1-11-4-2-6-14-13(11)5-3-7-17(14)28(25,26)27-18(19(22,23)24)15-9-8-12(20)10-16(15)21/h2-10,18H,1H3. The summed E-state index contributed by atoms with van der Waals surface area (Å²) in [5, 5.41) is 0.687. The molecular formula is C19H13F5O3S. The minimum atomic E-state index is -5.26. The van der Waals surface area contributed by atoms with Crippen molar-refractivity contribution in [1.82, 2.24) is 0 Å². The van der Waals surface area contributed by atoms with Gasteiger partial charge in [-0.15, -0.1) is 0 Å². The lowest BCUT2D eigenvalue weighted by Crippen LogP contribution is -2.27. The first-order chi connectivity index (χ1) is 13.0. The third kappa shape index (κ3) is 3.85. The van der Waals surface area contributed by atoms with Crippen molar-refractivity contribution in [3.05, 3.63) is 77.4 Å². The Labute approximate surface area is 157 Å². The topological polar surface area (TPSA) is 43.4 Å². The number of hydrogen-bond donors (Lipinski definition) is 0. The third-order valence-corrected chi connectivity index (χ3v) is 5.48. The zero-order valence-electron chi connectivity index (χ0n) is 14.3. The summed E-state index contributed by atoms with van der Waals surface area (Å²) in [6.45, 7) is 1.71. The molecule has 3 aromatic carbocycles. The van der Waals surface area contributed by atoms with Crippen LogP contribution in [0, 0.1) is 18.6 Å². The van der Waals surface area contributed by atoms with Gasteiger partial charge in [-0.25, -0.2) is 13.0 Å². The van der Waals surface area contributed by atoms with E-state index in [2.05, 4.69) is 4.18 Å². The van der Waals surface area contributed by atoms with Crippen LogP contribution in [0.2, 0.25) is 0 Å². The van der Waals surface area contributed by atoms with E-state index in [9.17, 15) is 30.4 Å². The quantitative estimate of drug-likeness (QED) is 0.421. The molecular weight excluding hydrogens is 403 g/mol. The van der Waals surface area contributed by atoms with Crippen molar-refractivity contribution in [1.29, 1.82) is 0 Å². The molecule has 0 aromatic heterocycles. The molecule has 148 valence electrons. The first kappa shape index (κ1) is 20.2. The molecule has 28 heavy (non-hydrogen) atoms. The molecule has 0 aliphatic heterocycles. The van der Waals surface area contributed by atoms with E-state index in [1.807, 2.05) is 0 Å². The summed E-state index contributed by atoms with van der Waals surface area (Å²) >= 11 is 0. The Hall–Kier alpha value is -2.52. The van der Waals surface area contributed by atoms with Crippen LogP contribution in [0.4, 0.5) is 22.0 Å². The highest BCUT2D eigenvalue weighted by Gasteiger charge is 2.46. The maximum Gasteiger partial charge on any atom is 0.420 e. The minimum Gasteiger partial charge on any atom is -0.248 e. The van der Waals surface area contributed by atoms with Crippen LogP contribution in [-0.4, -0.2) is 14.6 Å². The Balaban J connectivity index is 2.12. The second-order valence-electron chi connectivity index (χ2n) is 6.06. The third-order valence-electron chi connectivity index (χ3n) is 4.13. The van der Waals surface area contributed by atoms with Crippen molar-refractivity contribution >= 4 is 20.9 Å².